The van der Waals surface area contributed by atoms with Crippen molar-refractivity contribution in [3.05, 3.63) is 104 Å². The summed E-state index contributed by atoms with van der Waals surface area (Å²) in [4.78, 5) is 51.3. The molecule has 10 heteroatoms. The van der Waals surface area contributed by atoms with Crippen molar-refractivity contribution in [3.63, 3.8) is 0 Å². The first-order valence-corrected chi connectivity index (χ1v) is 11.9. The number of nitrogens with one attached hydrogen (secondary N) is 1. The Kier molecular flexibility index (Phi) is 7.69. The molecule has 0 aromatic heterocycles. The number of urea groups is 1. The number of anilines is 1. The molecule has 0 saturated carbocycles. The van der Waals surface area contributed by atoms with Gasteiger partial charge in [-0.3, -0.25) is 14.9 Å². The highest BCUT2D eigenvalue weighted by Crippen LogP contribution is 2.29. The van der Waals surface area contributed by atoms with E-state index in [9.17, 15) is 19.2 Å². The minimum atomic E-state index is -0.891. The van der Waals surface area contributed by atoms with E-state index >= 15 is 0 Å². The van der Waals surface area contributed by atoms with Gasteiger partial charge in [0.2, 0.25) is 0 Å². The maximum absolute atomic E-state index is 13.1. The summed E-state index contributed by atoms with van der Waals surface area (Å²) in [6.45, 7) is 0. The number of halogens is 3. The van der Waals surface area contributed by atoms with Crippen LogP contribution < -0.4 is 15.0 Å². The number of carbonyl (C=O) groups excluding carboxylic acids is 4. The number of amides is 4. The highest BCUT2D eigenvalue weighted by molar-refractivity contribution is 9.10. The molecule has 0 aliphatic carbocycles. The molecule has 180 valence electrons. The standard InChI is InChI=1S/C26H15BrCl2N2O5/c27-17-4-11-22(36-23(32)12-3-15-1-5-18(28)6-2-15)16(13-17)14-21-24(33)30-26(35)31(25(21)34)20-9-7-19(29)8-10-20/h1-14H,(H,30,33,35)/b12-3+,21-14-. The van der Waals surface area contributed by atoms with E-state index in [4.69, 9.17) is 27.9 Å². The molecule has 4 amide bonds. The van der Waals surface area contributed by atoms with Crippen molar-refractivity contribution in [2.45, 2.75) is 0 Å². The lowest BCUT2D eigenvalue weighted by molar-refractivity contribution is -0.129. The number of barbiturate groups is 1. The highest BCUT2D eigenvalue weighted by Gasteiger charge is 2.37. The Bertz CT molecular complexity index is 1430. The van der Waals surface area contributed by atoms with Crippen LogP contribution in [0.1, 0.15) is 11.1 Å². The van der Waals surface area contributed by atoms with Crippen LogP contribution >= 0.6 is 39.1 Å². The van der Waals surface area contributed by atoms with Crippen molar-refractivity contribution in [3.8, 4) is 5.75 Å². The zero-order valence-electron chi connectivity index (χ0n) is 18.2. The normalized spacial score (nSPS) is 14.9. The highest BCUT2D eigenvalue weighted by atomic mass is 79.9. The third-order valence-corrected chi connectivity index (χ3v) is 5.95. The number of imide groups is 2. The van der Waals surface area contributed by atoms with Crippen molar-refractivity contribution in [1.82, 2.24) is 5.32 Å². The molecule has 0 spiro atoms. The SMILES string of the molecule is O=C(/C=C/c1ccc(Cl)cc1)Oc1ccc(Br)cc1/C=C1/C(=O)NC(=O)N(c2ccc(Cl)cc2)C1=O. The summed E-state index contributed by atoms with van der Waals surface area (Å²) < 4.78 is 6.06. The Morgan fingerprint density at radius 1 is 0.917 bits per heavy atom. The molecule has 4 rings (SSSR count). The number of nitrogens with zero attached hydrogens (tertiary/aromatic N) is 1. The Labute approximate surface area is 224 Å². The van der Waals surface area contributed by atoms with Gasteiger partial charge in [0, 0.05) is 26.2 Å². The van der Waals surface area contributed by atoms with Gasteiger partial charge in [0.05, 0.1) is 5.69 Å². The molecule has 0 unspecified atom stereocenters. The van der Waals surface area contributed by atoms with Crippen LogP contribution in [0.5, 0.6) is 5.75 Å². The fraction of sp³-hybridized carbons (Fsp3) is 0. The Hall–Kier alpha value is -3.72. The van der Waals surface area contributed by atoms with Crippen LogP contribution in [0.15, 0.2) is 82.9 Å². The van der Waals surface area contributed by atoms with Crippen LogP contribution in [-0.2, 0) is 14.4 Å². The molecule has 1 aliphatic heterocycles. The molecule has 1 aliphatic rings. The summed E-state index contributed by atoms with van der Waals surface area (Å²) in [7, 11) is 0. The van der Waals surface area contributed by atoms with Gasteiger partial charge in [-0.1, -0.05) is 51.3 Å². The molecule has 0 radical (unpaired) electrons. The summed E-state index contributed by atoms with van der Waals surface area (Å²) in [6.07, 6.45) is 4.05. The van der Waals surface area contributed by atoms with Crippen molar-refractivity contribution in [1.29, 1.82) is 0 Å². The van der Waals surface area contributed by atoms with Gasteiger partial charge in [-0.15, -0.1) is 0 Å². The van der Waals surface area contributed by atoms with Crippen molar-refractivity contribution in [2.75, 3.05) is 4.90 Å². The largest absolute Gasteiger partial charge is 0.423 e. The second-order valence-electron chi connectivity index (χ2n) is 7.42. The predicted octanol–water partition coefficient (Wildman–Crippen LogP) is 6.04. The lowest BCUT2D eigenvalue weighted by atomic mass is 10.1. The first kappa shape index (κ1) is 25.4. The van der Waals surface area contributed by atoms with E-state index in [1.54, 1.807) is 42.5 Å². The Balaban J connectivity index is 1.62. The average Bonchev–Trinajstić information content (AvgIpc) is 2.84. The minimum absolute atomic E-state index is 0.104. The monoisotopic (exact) mass is 584 g/mol. The van der Waals surface area contributed by atoms with E-state index in [0.717, 1.165) is 10.5 Å². The number of hydrogen-bond donors (Lipinski definition) is 1. The quantitative estimate of drug-likeness (QED) is 0.170. The lowest BCUT2D eigenvalue weighted by Gasteiger charge is -2.26. The number of hydrogen-bond acceptors (Lipinski definition) is 5. The van der Waals surface area contributed by atoms with Gasteiger partial charge in [0.25, 0.3) is 11.8 Å². The van der Waals surface area contributed by atoms with Gasteiger partial charge in [-0.05, 0) is 72.3 Å². The topological polar surface area (TPSA) is 92.8 Å². The fourth-order valence-electron chi connectivity index (χ4n) is 3.24. The molecule has 36 heavy (non-hydrogen) atoms. The van der Waals surface area contributed by atoms with Crippen molar-refractivity contribution in [2.24, 2.45) is 0 Å². The lowest BCUT2D eigenvalue weighted by Crippen LogP contribution is -2.54. The summed E-state index contributed by atoms with van der Waals surface area (Å²) in [5.74, 6) is -2.29. The van der Waals surface area contributed by atoms with E-state index in [1.165, 1.54) is 42.5 Å². The van der Waals surface area contributed by atoms with Crippen LogP contribution in [0, 0.1) is 0 Å². The molecule has 1 saturated heterocycles. The second-order valence-corrected chi connectivity index (χ2v) is 9.21. The summed E-state index contributed by atoms with van der Waals surface area (Å²) >= 11 is 15.1. The first-order valence-electron chi connectivity index (χ1n) is 10.3. The van der Waals surface area contributed by atoms with Crippen LogP contribution in [0.2, 0.25) is 10.0 Å². The molecule has 3 aromatic rings. The minimum Gasteiger partial charge on any atom is -0.423 e. The first-order chi connectivity index (χ1) is 17.2. The molecular weight excluding hydrogens is 571 g/mol. The number of carbonyl (C=O) groups is 4. The zero-order chi connectivity index (χ0) is 25.8. The number of ether oxygens (including phenoxy) is 1. The van der Waals surface area contributed by atoms with E-state index in [-0.39, 0.29) is 22.6 Å². The summed E-state index contributed by atoms with van der Waals surface area (Å²) in [5, 5.41) is 3.13. The molecule has 1 N–H and O–H groups in total. The molecular formula is C26H15BrCl2N2O5. The molecule has 3 aromatic carbocycles. The van der Waals surface area contributed by atoms with Crippen LogP contribution in [0.4, 0.5) is 10.5 Å². The van der Waals surface area contributed by atoms with Crippen molar-refractivity contribution >= 4 is 80.8 Å². The molecule has 0 bridgehead atoms. The maximum atomic E-state index is 13.1. The van der Waals surface area contributed by atoms with Gasteiger partial charge in [0.1, 0.15) is 11.3 Å². The van der Waals surface area contributed by atoms with E-state index in [2.05, 4.69) is 21.2 Å². The van der Waals surface area contributed by atoms with Crippen LogP contribution in [0.3, 0.4) is 0 Å². The van der Waals surface area contributed by atoms with Crippen LogP contribution in [-0.4, -0.2) is 23.8 Å². The third kappa shape index (κ3) is 5.91. The van der Waals surface area contributed by atoms with Crippen molar-refractivity contribution < 1.29 is 23.9 Å². The summed E-state index contributed by atoms with van der Waals surface area (Å²) in [5.41, 5.74) is 0.914. The number of rotatable bonds is 5. The molecule has 7 nitrogen and oxygen atoms in total. The van der Waals surface area contributed by atoms with E-state index in [0.29, 0.717) is 14.5 Å². The smallest absolute Gasteiger partial charge is 0.336 e. The van der Waals surface area contributed by atoms with Gasteiger partial charge in [-0.2, -0.15) is 0 Å². The van der Waals surface area contributed by atoms with Gasteiger partial charge < -0.3 is 4.74 Å². The van der Waals surface area contributed by atoms with Gasteiger partial charge in [0.15, 0.2) is 0 Å². The molecule has 1 heterocycles. The average molecular weight is 586 g/mol. The Morgan fingerprint density at radius 2 is 1.56 bits per heavy atom. The fourth-order valence-corrected chi connectivity index (χ4v) is 3.87. The Morgan fingerprint density at radius 3 is 2.22 bits per heavy atom. The number of esters is 1. The molecule has 1 fully saturated rings. The summed E-state index contributed by atoms with van der Waals surface area (Å²) in [6, 6.07) is 16.7. The zero-order valence-corrected chi connectivity index (χ0v) is 21.3. The molecule has 0 atom stereocenters. The third-order valence-electron chi connectivity index (χ3n) is 4.95. The van der Waals surface area contributed by atoms with Crippen LogP contribution in [0.25, 0.3) is 12.2 Å². The second kappa shape index (κ2) is 10.9. The number of benzene rings is 3. The predicted molar refractivity (Wildman–Crippen MR) is 141 cm³/mol. The van der Waals surface area contributed by atoms with E-state index < -0.39 is 23.8 Å². The van der Waals surface area contributed by atoms with Gasteiger partial charge >= 0.3 is 12.0 Å². The maximum Gasteiger partial charge on any atom is 0.336 e. The van der Waals surface area contributed by atoms with E-state index in [1.807, 2.05) is 0 Å². The van der Waals surface area contributed by atoms with Gasteiger partial charge in [-0.25, -0.2) is 14.5 Å².